The van der Waals surface area contributed by atoms with Gasteiger partial charge in [-0.15, -0.1) is 0 Å². The summed E-state index contributed by atoms with van der Waals surface area (Å²) in [5.74, 6) is -3.43. The van der Waals surface area contributed by atoms with Crippen LogP contribution in [0.25, 0.3) is 0 Å². The van der Waals surface area contributed by atoms with Crippen LogP contribution in [0.5, 0.6) is 0 Å². The third-order valence-electron chi connectivity index (χ3n) is 2.23. The molecular formula is C11H10ClF3O2. The average molecular weight is 267 g/mol. The van der Waals surface area contributed by atoms with Gasteiger partial charge in [0, 0.05) is 5.02 Å². The zero-order valence-corrected chi connectivity index (χ0v) is 9.68. The second-order valence-electron chi connectivity index (χ2n) is 3.45. The number of halogens is 4. The van der Waals surface area contributed by atoms with Crippen LogP contribution in [0.1, 0.15) is 5.56 Å². The fourth-order valence-corrected chi connectivity index (χ4v) is 1.46. The summed E-state index contributed by atoms with van der Waals surface area (Å²) < 4.78 is 41.9. The predicted molar refractivity (Wildman–Crippen MR) is 56.7 cm³/mol. The molecule has 2 nitrogen and oxygen atoms in total. The van der Waals surface area contributed by atoms with E-state index in [9.17, 15) is 18.0 Å². The number of esters is 1. The van der Waals surface area contributed by atoms with Crippen molar-refractivity contribution in [2.24, 2.45) is 5.92 Å². The monoisotopic (exact) mass is 266 g/mol. The Bertz CT molecular complexity index is 387. The molecule has 0 aliphatic rings. The van der Waals surface area contributed by atoms with Crippen molar-refractivity contribution >= 4 is 17.6 Å². The van der Waals surface area contributed by atoms with Gasteiger partial charge in [-0.25, -0.2) is 0 Å². The fourth-order valence-electron chi connectivity index (χ4n) is 1.33. The van der Waals surface area contributed by atoms with Crippen LogP contribution in [-0.4, -0.2) is 19.3 Å². The van der Waals surface area contributed by atoms with Crippen molar-refractivity contribution in [3.63, 3.8) is 0 Å². The summed E-state index contributed by atoms with van der Waals surface area (Å²) in [5, 5.41) is 0.426. The number of carbonyl (C=O) groups is 1. The summed E-state index contributed by atoms with van der Waals surface area (Å²) in [5.41, 5.74) is 0.377. The second-order valence-corrected chi connectivity index (χ2v) is 3.88. The van der Waals surface area contributed by atoms with Crippen molar-refractivity contribution in [2.75, 3.05) is 7.11 Å². The predicted octanol–water partition coefficient (Wildman–Crippen LogP) is 3.23. The lowest BCUT2D eigenvalue weighted by atomic mass is 9.99. The maximum absolute atomic E-state index is 12.6. The van der Waals surface area contributed by atoms with Gasteiger partial charge in [-0.3, -0.25) is 4.79 Å². The first-order valence-corrected chi connectivity index (χ1v) is 5.11. The van der Waals surface area contributed by atoms with E-state index in [-0.39, 0.29) is 0 Å². The summed E-state index contributed by atoms with van der Waals surface area (Å²) in [6.45, 7) is 0. The molecule has 0 saturated carbocycles. The van der Waals surface area contributed by atoms with Gasteiger partial charge in [-0.05, 0) is 24.1 Å². The molecule has 0 radical (unpaired) electrons. The van der Waals surface area contributed by atoms with Gasteiger partial charge in [-0.2, -0.15) is 13.2 Å². The second kappa shape index (κ2) is 5.40. The summed E-state index contributed by atoms with van der Waals surface area (Å²) in [6.07, 6.45) is -5.07. The summed E-state index contributed by atoms with van der Waals surface area (Å²) in [7, 11) is 0.933. The molecule has 17 heavy (non-hydrogen) atoms. The molecule has 94 valence electrons. The molecule has 1 aromatic rings. The van der Waals surface area contributed by atoms with Gasteiger partial charge in [-0.1, -0.05) is 23.7 Å². The minimum atomic E-state index is -4.62. The number of benzene rings is 1. The van der Waals surface area contributed by atoms with E-state index in [4.69, 9.17) is 11.6 Å². The van der Waals surface area contributed by atoms with E-state index in [1.165, 1.54) is 24.3 Å². The van der Waals surface area contributed by atoms with Crippen molar-refractivity contribution in [2.45, 2.75) is 12.6 Å². The lowest BCUT2D eigenvalue weighted by molar-refractivity contribution is -0.195. The topological polar surface area (TPSA) is 26.3 Å². The van der Waals surface area contributed by atoms with E-state index < -0.39 is 24.5 Å². The van der Waals surface area contributed by atoms with Gasteiger partial charge < -0.3 is 4.74 Å². The molecule has 0 N–H and O–H groups in total. The number of hydrogen-bond donors (Lipinski definition) is 0. The van der Waals surface area contributed by atoms with Crippen LogP contribution >= 0.6 is 11.6 Å². The minimum absolute atomic E-state index is 0.377. The molecule has 0 spiro atoms. The largest absolute Gasteiger partial charge is 0.469 e. The van der Waals surface area contributed by atoms with Crippen LogP contribution in [0, 0.1) is 5.92 Å². The molecule has 0 aliphatic carbocycles. The van der Waals surface area contributed by atoms with E-state index in [0.29, 0.717) is 10.6 Å². The van der Waals surface area contributed by atoms with Crippen molar-refractivity contribution in [3.05, 3.63) is 34.9 Å². The first-order valence-electron chi connectivity index (χ1n) is 4.73. The Morgan fingerprint density at radius 3 is 2.29 bits per heavy atom. The molecule has 0 fully saturated rings. The number of ether oxygens (including phenoxy) is 1. The first kappa shape index (κ1) is 13.8. The minimum Gasteiger partial charge on any atom is -0.469 e. The Morgan fingerprint density at radius 2 is 1.88 bits per heavy atom. The molecular weight excluding hydrogens is 257 g/mol. The summed E-state index contributed by atoms with van der Waals surface area (Å²) >= 11 is 5.61. The zero-order valence-electron chi connectivity index (χ0n) is 8.92. The number of carbonyl (C=O) groups excluding carboxylic acids is 1. The number of methoxy groups -OCH3 is 1. The van der Waals surface area contributed by atoms with Crippen LogP contribution in [-0.2, 0) is 16.0 Å². The molecule has 0 heterocycles. The first-order chi connectivity index (χ1) is 7.84. The fraction of sp³-hybridized carbons (Fsp3) is 0.364. The average Bonchev–Trinajstić information content (AvgIpc) is 2.25. The molecule has 0 aromatic heterocycles. The Hall–Kier alpha value is -1.23. The van der Waals surface area contributed by atoms with Gasteiger partial charge >= 0.3 is 12.1 Å². The van der Waals surface area contributed by atoms with E-state index in [1.54, 1.807) is 0 Å². The Morgan fingerprint density at radius 1 is 1.35 bits per heavy atom. The van der Waals surface area contributed by atoms with Crippen LogP contribution in [0.4, 0.5) is 13.2 Å². The van der Waals surface area contributed by atoms with Gasteiger partial charge in [0.15, 0.2) is 5.92 Å². The van der Waals surface area contributed by atoms with E-state index >= 15 is 0 Å². The molecule has 1 atom stereocenters. The molecule has 6 heteroatoms. The van der Waals surface area contributed by atoms with Crippen molar-refractivity contribution in [3.8, 4) is 0 Å². The van der Waals surface area contributed by atoms with Crippen molar-refractivity contribution in [1.82, 2.24) is 0 Å². The molecule has 0 aliphatic heterocycles. The highest BCUT2D eigenvalue weighted by atomic mass is 35.5. The molecule has 0 saturated heterocycles. The quantitative estimate of drug-likeness (QED) is 0.785. The Balaban J connectivity index is 2.87. The molecule has 0 bridgehead atoms. The van der Waals surface area contributed by atoms with Gasteiger partial charge in [0.05, 0.1) is 7.11 Å². The van der Waals surface area contributed by atoms with E-state index in [0.717, 1.165) is 7.11 Å². The number of hydrogen-bond acceptors (Lipinski definition) is 2. The Kier molecular flexibility index (Phi) is 4.40. The molecule has 1 aromatic carbocycles. The SMILES string of the molecule is COC(=O)C(Cc1ccc(Cl)cc1)C(F)(F)F. The zero-order chi connectivity index (χ0) is 13.1. The highest BCUT2D eigenvalue weighted by Crippen LogP contribution is 2.30. The smallest absolute Gasteiger partial charge is 0.402 e. The maximum Gasteiger partial charge on any atom is 0.402 e. The molecule has 1 unspecified atom stereocenters. The lowest BCUT2D eigenvalue weighted by Crippen LogP contribution is -2.33. The van der Waals surface area contributed by atoms with Gasteiger partial charge in [0.25, 0.3) is 0 Å². The van der Waals surface area contributed by atoms with Crippen molar-refractivity contribution in [1.29, 1.82) is 0 Å². The highest BCUT2D eigenvalue weighted by molar-refractivity contribution is 6.30. The maximum atomic E-state index is 12.6. The highest BCUT2D eigenvalue weighted by Gasteiger charge is 2.45. The number of alkyl halides is 3. The molecule has 1 rings (SSSR count). The normalized spacial score (nSPS) is 13.2. The lowest BCUT2D eigenvalue weighted by Gasteiger charge is -2.17. The summed E-state index contributed by atoms with van der Waals surface area (Å²) in [4.78, 5) is 11.1. The van der Waals surface area contributed by atoms with E-state index in [2.05, 4.69) is 4.74 Å². The number of rotatable bonds is 3. The van der Waals surface area contributed by atoms with Crippen LogP contribution in [0.2, 0.25) is 5.02 Å². The van der Waals surface area contributed by atoms with Gasteiger partial charge in [0.2, 0.25) is 0 Å². The van der Waals surface area contributed by atoms with Crippen molar-refractivity contribution < 1.29 is 22.7 Å². The molecule has 0 amide bonds. The Labute approximate surface area is 101 Å². The summed E-state index contributed by atoms with van der Waals surface area (Å²) in [6, 6.07) is 5.84. The third kappa shape index (κ3) is 3.93. The third-order valence-corrected chi connectivity index (χ3v) is 2.49. The van der Waals surface area contributed by atoms with Crippen LogP contribution in [0.3, 0.4) is 0 Å². The standard InChI is InChI=1S/C11H10ClF3O2/c1-17-10(16)9(11(13,14)15)6-7-2-4-8(12)5-3-7/h2-5,9H,6H2,1H3. The van der Waals surface area contributed by atoms with Crippen LogP contribution < -0.4 is 0 Å². The van der Waals surface area contributed by atoms with Crippen LogP contribution in [0.15, 0.2) is 24.3 Å². The van der Waals surface area contributed by atoms with Gasteiger partial charge in [0.1, 0.15) is 0 Å². The van der Waals surface area contributed by atoms with E-state index in [1.807, 2.05) is 0 Å².